The number of anilines is 1. The molecule has 0 bridgehead atoms. The van der Waals surface area contributed by atoms with Crippen LogP contribution >= 0.6 is 0 Å². The molecule has 0 aliphatic carbocycles. The average molecular weight is 411 g/mol. The molecule has 0 amide bonds. The average Bonchev–Trinajstić information content (AvgIpc) is 3.13. The molecule has 0 radical (unpaired) electrons. The summed E-state index contributed by atoms with van der Waals surface area (Å²) in [6, 6.07) is 14.6. The number of rotatable bonds is 5. The van der Waals surface area contributed by atoms with Crippen molar-refractivity contribution in [1.29, 1.82) is 0 Å². The molecule has 148 valence electrons. The summed E-state index contributed by atoms with van der Waals surface area (Å²) in [6.07, 6.45) is 3.76. The van der Waals surface area contributed by atoms with E-state index in [9.17, 15) is 12.8 Å². The van der Waals surface area contributed by atoms with Gasteiger partial charge in [0.25, 0.3) is 10.0 Å². The standard InChI is InChI=1S/C21H18FN3O3S/c1-14-6-7-15(19-13-25-10-4-3-5-21(25)23-19)11-18(14)24-29(26,27)16-8-9-20(28-2)17(22)12-16/h3-13,24H,1-2H3. The number of sulfonamides is 1. The van der Waals surface area contributed by atoms with E-state index in [2.05, 4.69) is 9.71 Å². The molecule has 4 aromatic rings. The number of nitrogens with one attached hydrogen (secondary N) is 1. The Labute approximate surface area is 167 Å². The van der Waals surface area contributed by atoms with E-state index < -0.39 is 15.8 Å². The van der Waals surface area contributed by atoms with Crippen molar-refractivity contribution >= 4 is 21.4 Å². The lowest BCUT2D eigenvalue weighted by Gasteiger charge is -2.12. The number of aryl methyl sites for hydroxylation is 1. The van der Waals surface area contributed by atoms with Crippen LogP contribution in [-0.2, 0) is 10.0 Å². The highest BCUT2D eigenvalue weighted by Gasteiger charge is 2.18. The molecule has 4 rings (SSSR count). The SMILES string of the molecule is COc1ccc(S(=O)(=O)Nc2cc(-c3cn4ccccc4n3)ccc2C)cc1F. The summed E-state index contributed by atoms with van der Waals surface area (Å²) in [4.78, 5) is 4.37. The topological polar surface area (TPSA) is 72.7 Å². The molecule has 6 nitrogen and oxygen atoms in total. The number of halogens is 1. The number of hydrogen-bond donors (Lipinski definition) is 1. The van der Waals surface area contributed by atoms with Crippen molar-refractivity contribution < 1.29 is 17.5 Å². The Kier molecular flexibility index (Phi) is 4.71. The van der Waals surface area contributed by atoms with Crippen molar-refractivity contribution in [3.63, 3.8) is 0 Å². The molecule has 1 N–H and O–H groups in total. The number of imidazole rings is 1. The molecular formula is C21H18FN3O3S. The van der Waals surface area contributed by atoms with Gasteiger partial charge in [-0.3, -0.25) is 4.72 Å². The van der Waals surface area contributed by atoms with Gasteiger partial charge in [-0.15, -0.1) is 0 Å². The fourth-order valence-corrected chi connectivity index (χ4v) is 4.12. The zero-order valence-corrected chi connectivity index (χ0v) is 16.6. The summed E-state index contributed by atoms with van der Waals surface area (Å²) in [7, 11) is -2.66. The normalized spacial score (nSPS) is 11.6. The monoisotopic (exact) mass is 411 g/mol. The minimum absolute atomic E-state index is 0.0195. The summed E-state index contributed by atoms with van der Waals surface area (Å²) >= 11 is 0. The van der Waals surface area contributed by atoms with Crippen LogP contribution in [0.3, 0.4) is 0 Å². The minimum Gasteiger partial charge on any atom is -0.494 e. The Morgan fingerprint density at radius 3 is 2.66 bits per heavy atom. The van der Waals surface area contributed by atoms with Crippen molar-refractivity contribution in [3.8, 4) is 17.0 Å². The molecule has 29 heavy (non-hydrogen) atoms. The van der Waals surface area contributed by atoms with E-state index in [1.807, 2.05) is 47.1 Å². The third-order valence-electron chi connectivity index (χ3n) is 4.58. The summed E-state index contributed by atoms with van der Waals surface area (Å²) in [5.41, 5.74) is 3.40. The predicted molar refractivity (Wildman–Crippen MR) is 109 cm³/mol. The predicted octanol–water partition coefficient (Wildman–Crippen LogP) is 4.26. The molecule has 0 spiro atoms. The van der Waals surface area contributed by atoms with Gasteiger partial charge in [-0.25, -0.2) is 17.8 Å². The number of hydrogen-bond acceptors (Lipinski definition) is 4. The number of methoxy groups -OCH3 is 1. The van der Waals surface area contributed by atoms with E-state index >= 15 is 0 Å². The Balaban J connectivity index is 1.70. The number of nitrogens with zero attached hydrogens (tertiary/aromatic N) is 2. The molecule has 2 aromatic heterocycles. The van der Waals surface area contributed by atoms with Crippen LogP contribution in [0, 0.1) is 12.7 Å². The summed E-state index contributed by atoms with van der Waals surface area (Å²) in [5, 5.41) is 0. The first-order chi connectivity index (χ1) is 13.9. The molecule has 0 aliphatic heterocycles. The fourth-order valence-electron chi connectivity index (χ4n) is 2.98. The van der Waals surface area contributed by atoms with E-state index in [1.54, 1.807) is 13.0 Å². The van der Waals surface area contributed by atoms with Gasteiger partial charge in [0, 0.05) is 18.0 Å². The first kappa shape index (κ1) is 18.9. The molecule has 0 saturated heterocycles. The van der Waals surface area contributed by atoms with Gasteiger partial charge in [-0.05, 0) is 48.9 Å². The third-order valence-corrected chi connectivity index (χ3v) is 5.94. The maximum absolute atomic E-state index is 14.0. The van der Waals surface area contributed by atoms with Crippen LogP contribution in [0.15, 0.2) is 71.9 Å². The quantitative estimate of drug-likeness (QED) is 0.533. The molecule has 2 aromatic carbocycles. The Bertz CT molecular complexity index is 1280. The molecule has 0 unspecified atom stereocenters. The highest BCUT2D eigenvalue weighted by molar-refractivity contribution is 7.92. The van der Waals surface area contributed by atoms with Crippen molar-refractivity contribution in [3.05, 3.63) is 78.4 Å². The van der Waals surface area contributed by atoms with Gasteiger partial charge in [0.05, 0.1) is 23.4 Å². The maximum atomic E-state index is 14.0. The molecule has 0 aliphatic rings. The fraction of sp³-hybridized carbons (Fsp3) is 0.0952. The Hall–Kier alpha value is -3.39. The molecule has 0 fully saturated rings. The van der Waals surface area contributed by atoms with Gasteiger partial charge in [0.1, 0.15) is 5.65 Å². The van der Waals surface area contributed by atoms with Crippen LogP contribution < -0.4 is 9.46 Å². The first-order valence-corrected chi connectivity index (χ1v) is 10.3. The van der Waals surface area contributed by atoms with Gasteiger partial charge in [0.15, 0.2) is 11.6 Å². The van der Waals surface area contributed by atoms with Gasteiger partial charge in [-0.1, -0.05) is 18.2 Å². The molecular weight excluding hydrogens is 393 g/mol. The van der Waals surface area contributed by atoms with Crippen molar-refractivity contribution in [2.75, 3.05) is 11.8 Å². The van der Waals surface area contributed by atoms with E-state index in [4.69, 9.17) is 4.74 Å². The molecule has 8 heteroatoms. The highest BCUT2D eigenvalue weighted by Crippen LogP contribution is 2.28. The summed E-state index contributed by atoms with van der Waals surface area (Å²) in [6.45, 7) is 1.79. The number of ether oxygens (including phenoxy) is 1. The molecule has 0 saturated carbocycles. The summed E-state index contributed by atoms with van der Waals surface area (Å²) in [5.74, 6) is -0.764. The summed E-state index contributed by atoms with van der Waals surface area (Å²) < 4.78 is 48.7. The number of fused-ring (bicyclic) bond motifs is 1. The minimum atomic E-state index is -3.98. The van der Waals surface area contributed by atoms with Crippen LogP contribution in [0.4, 0.5) is 10.1 Å². The van der Waals surface area contributed by atoms with Crippen molar-refractivity contribution in [2.24, 2.45) is 0 Å². The van der Waals surface area contributed by atoms with Gasteiger partial charge >= 0.3 is 0 Å². The van der Waals surface area contributed by atoms with E-state index in [0.717, 1.165) is 22.8 Å². The van der Waals surface area contributed by atoms with Crippen molar-refractivity contribution in [1.82, 2.24) is 9.38 Å². The van der Waals surface area contributed by atoms with Crippen LogP contribution in [0.1, 0.15) is 5.56 Å². The van der Waals surface area contributed by atoms with E-state index in [1.165, 1.54) is 19.2 Å². The second-order valence-electron chi connectivity index (χ2n) is 6.52. The lowest BCUT2D eigenvalue weighted by Crippen LogP contribution is -2.14. The van der Waals surface area contributed by atoms with Crippen molar-refractivity contribution in [2.45, 2.75) is 11.8 Å². The van der Waals surface area contributed by atoms with E-state index in [-0.39, 0.29) is 10.6 Å². The van der Waals surface area contributed by atoms with Crippen LogP contribution in [0.2, 0.25) is 0 Å². The zero-order valence-electron chi connectivity index (χ0n) is 15.8. The number of benzene rings is 2. The number of pyridine rings is 1. The van der Waals surface area contributed by atoms with Gasteiger partial charge < -0.3 is 9.14 Å². The van der Waals surface area contributed by atoms with Crippen LogP contribution in [-0.4, -0.2) is 24.9 Å². The molecule has 0 atom stereocenters. The number of aromatic nitrogens is 2. The van der Waals surface area contributed by atoms with Gasteiger partial charge in [0.2, 0.25) is 0 Å². The van der Waals surface area contributed by atoms with Crippen LogP contribution in [0.25, 0.3) is 16.9 Å². The smallest absolute Gasteiger partial charge is 0.262 e. The zero-order chi connectivity index (χ0) is 20.6. The second kappa shape index (κ2) is 7.21. The molecule has 2 heterocycles. The Morgan fingerprint density at radius 1 is 1.10 bits per heavy atom. The largest absolute Gasteiger partial charge is 0.494 e. The van der Waals surface area contributed by atoms with Crippen LogP contribution in [0.5, 0.6) is 5.75 Å². The first-order valence-electron chi connectivity index (χ1n) is 8.78. The third kappa shape index (κ3) is 3.66. The lowest BCUT2D eigenvalue weighted by atomic mass is 10.1. The second-order valence-corrected chi connectivity index (χ2v) is 8.21. The maximum Gasteiger partial charge on any atom is 0.262 e. The Morgan fingerprint density at radius 2 is 1.93 bits per heavy atom. The highest BCUT2D eigenvalue weighted by atomic mass is 32.2. The van der Waals surface area contributed by atoms with Gasteiger partial charge in [-0.2, -0.15) is 0 Å². The van der Waals surface area contributed by atoms with E-state index in [0.29, 0.717) is 11.4 Å². The lowest BCUT2D eigenvalue weighted by molar-refractivity contribution is 0.385.